The van der Waals surface area contributed by atoms with Gasteiger partial charge < -0.3 is 15.4 Å². The smallest absolute Gasteiger partial charge is 0.410 e. The zero-order valence-corrected chi connectivity index (χ0v) is 9.96. The first-order valence-corrected chi connectivity index (χ1v) is 5.31. The molecule has 4 nitrogen and oxygen atoms in total. The molecule has 0 fully saturated rings. The van der Waals surface area contributed by atoms with Gasteiger partial charge in [-0.3, -0.25) is 0 Å². The molecule has 88 valence electrons. The van der Waals surface area contributed by atoms with E-state index in [0.717, 1.165) is 17.7 Å². The van der Waals surface area contributed by atoms with E-state index in [-0.39, 0.29) is 0 Å². The molecule has 1 rings (SSSR count). The Hall–Kier alpha value is -1.55. The van der Waals surface area contributed by atoms with Gasteiger partial charge in [0.15, 0.2) is 0 Å². The SMILES string of the molecule is CNCCNC(=O)Oc1ccc(C)cc1C. The lowest BCUT2D eigenvalue weighted by molar-refractivity contribution is 0.200. The molecule has 0 atom stereocenters. The van der Waals surface area contributed by atoms with Crippen LogP contribution in [-0.4, -0.2) is 26.2 Å². The molecule has 0 unspecified atom stereocenters. The molecule has 0 aliphatic heterocycles. The molecule has 1 aromatic rings. The maximum atomic E-state index is 11.4. The predicted molar refractivity (Wildman–Crippen MR) is 63.9 cm³/mol. The molecule has 0 spiro atoms. The molecule has 1 amide bonds. The summed E-state index contributed by atoms with van der Waals surface area (Å²) in [6.07, 6.45) is -0.415. The van der Waals surface area contributed by atoms with E-state index in [4.69, 9.17) is 4.74 Å². The first kappa shape index (κ1) is 12.5. The molecule has 4 heteroatoms. The fourth-order valence-electron chi connectivity index (χ4n) is 1.34. The van der Waals surface area contributed by atoms with Crippen molar-refractivity contribution >= 4 is 6.09 Å². The Bertz CT molecular complexity index is 364. The van der Waals surface area contributed by atoms with Crippen LogP contribution in [0.2, 0.25) is 0 Å². The van der Waals surface area contributed by atoms with Crippen molar-refractivity contribution in [3.05, 3.63) is 29.3 Å². The molecule has 0 aliphatic rings. The second-order valence-electron chi connectivity index (χ2n) is 3.69. The van der Waals surface area contributed by atoms with E-state index in [2.05, 4.69) is 10.6 Å². The summed E-state index contributed by atoms with van der Waals surface area (Å²) in [6, 6.07) is 5.71. The van der Waals surface area contributed by atoms with E-state index in [0.29, 0.717) is 12.3 Å². The zero-order valence-electron chi connectivity index (χ0n) is 9.96. The van der Waals surface area contributed by atoms with Crippen LogP contribution in [0.1, 0.15) is 11.1 Å². The van der Waals surface area contributed by atoms with Crippen LogP contribution in [0.3, 0.4) is 0 Å². The third-order valence-electron chi connectivity index (χ3n) is 2.18. The number of hydrogen-bond donors (Lipinski definition) is 2. The van der Waals surface area contributed by atoms with Crippen LogP contribution in [0.5, 0.6) is 5.75 Å². The first-order valence-electron chi connectivity index (χ1n) is 5.31. The predicted octanol–water partition coefficient (Wildman–Crippen LogP) is 1.61. The first-order chi connectivity index (χ1) is 7.63. The number of carbonyl (C=O) groups is 1. The Balaban J connectivity index is 2.49. The van der Waals surface area contributed by atoms with Gasteiger partial charge in [0, 0.05) is 13.1 Å². The molecule has 0 saturated carbocycles. The number of likely N-dealkylation sites (N-methyl/N-ethyl adjacent to an activating group) is 1. The highest BCUT2D eigenvalue weighted by atomic mass is 16.6. The van der Waals surface area contributed by atoms with Crippen LogP contribution in [-0.2, 0) is 0 Å². The molecule has 2 N–H and O–H groups in total. The minimum atomic E-state index is -0.415. The summed E-state index contributed by atoms with van der Waals surface area (Å²) in [7, 11) is 1.83. The van der Waals surface area contributed by atoms with Crippen molar-refractivity contribution in [1.82, 2.24) is 10.6 Å². The van der Waals surface area contributed by atoms with Crippen molar-refractivity contribution in [2.45, 2.75) is 13.8 Å². The van der Waals surface area contributed by atoms with E-state index in [1.807, 2.05) is 39.1 Å². The molecular formula is C12H18N2O2. The van der Waals surface area contributed by atoms with E-state index in [9.17, 15) is 4.79 Å². The van der Waals surface area contributed by atoms with Crippen molar-refractivity contribution in [2.75, 3.05) is 20.1 Å². The Labute approximate surface area is 96.0 Å². The van der Waals surface area contributed by atoms with Gasteiger partial charge >= 0.3 is 6.09 Å². The van der Waals surface area contributed by atoms with Gasteiger partial charge in [-0.2, -0.15) is 0 Å². The number of hydrogen-bond acceptors (Lipinski definition) is 3. The Kier molecular flexibility index (Phi) is 4.79. The summed E-state index contributed by atoms with van der Waals surface area (Å²) in [4.78, 5) is 11.4. The molecule has 0 aliphatic carbocycles. The normalized spacial score (nSPS) is 9.94. The monoisotopic (exact) mass is 222 g/mol. The van der Waals surface area contributed by atoms with Gasteiger partial charge in [0.05, 0.1) is 0 Å². The maximum absolute atomic E-state index is 11.4. The standard InChI is InChI=1S/C12H18N2O2/c1-9-4-5-11(10(2)8-9)16-12(15)14-7-6-13-3/h4-5,8,13H,6-7H2,1-3H3,(H,14,15). The van der Waals surface area contributed by atoms with E-state index >= 15 is 0 Å². The number of benzene rings is 1. The van der Waals surface area contributed by atoms with E-state index < -0.39 is 6.09 Å². The lowest BCUT2D eigenvalue weighted by Crippen LogP contribution is -2.32. The van der Waals surface area contributed by atoms with Crippen molar-refractivity contribution in [2.24, 2.45) is 0 Å². The van der Waals surface area contributed by atoms with Crippen molar-refractivity contribution in [3.8, 4) is 5.75 Å². The number of rotatable bonds is 4. The van der Waals surface area contributed by atoms with Gasteiger partial charge in [-0.05, 0) is 32.5 Å². The number of nitrogens with one attached hydrogen (secondary N) is 2. The molecule has 0 bridgehead atoms. The van der Waals surface area contributed by atoms with Gasteiger partial charge in [-0.25, -0.2) is 4.79 Å². The summed E-state index contributed by atoms with van der Waals surface area (Å²) in [5, 5.41) is 5.59. The Morgan fingerprint density at radius 1 is 1.31 bits per heavy atom. The number of ether oxygens (including phenoxy) is 1. The van der Waals surface area contributed by atoms with E-state index in [1.54, 1.807) is 0 Å². The lowest BCUT2D eigenvalue weighted by Gasteiger charge is -2.09. The third-order valence-corrected chi connectivity index (χ3v) is 2.18. The highest BCUT2D eigenvalue weighted by molar-refractivity contribution is 5.70. The van der Waals surface area contributed by atoms with Gasteiger partial charge in [-0.1, -0.05) is 17.7 Å². The van der Waals surface area contributed by atoms with Crippen molar-refractivity contribution < 1.29 is 9.53 Å². The summed E-state index contributed by atoms with van der Waals surface area (Å²) < 4.78 is 5.17. The fraction of sp³-hybridized carbons (Fsp3) is 0.417. The molecule has 0 aromatic heterocycles. The van der Waals surface area contributed by atoms with Crippen molar-refractivity contribution in [3.63, 3.8) is 0 Å². The van der Waals surface area contributed by atoms with Crippen LogP contribution < -0.4 is 15.4 Å². The Morgan fingerprint density at radius 3 is 2.69 bits per heavy atom. The van der Waals surface area contributed by atoms with Crippen LogP contribution in [0.4, 0.5) is 4.79 Å². The summed E-state index contributed by atoms with van der Waals surface area (Å²) in [6.45, 7) is 5.20. The largest absolute Gasteiger partial charge is 0.412 e. The topological polar surface area (TPSA) is 50.4 Å². The van der Waals surface area contributed by atoms with E-state index in [1.165, 1.54) is 0 Å². The minimum absolute atomic E-state index is 0.415. The summed E-state index contributed by atoms with van der Waals surface area (Å²) in [5.74, 6) is 0.604. The lowest BCUT2D eigenvalue weighted by atomic mass is 10.1. The van der Waals surface area contributed by atoms with Gasteiger partial charge in [0.25, 0.3) is 0 Å². The highest BCUT2D eigenvalue weighted by Crippen LogP contribution is 2.18. The number of amides is 1. The molecule has 0 radical (unpaired) electrons. The molecule has 0 heterocycles. The second-order valence-corrected chi connectivity index (χ2v) is 3.69. The second kappa shape index (κ2) is 6.12. The Morgan fingerprint density at radius 2 is 2.06 bits per heavy atom. The number of aryl methyl sites for hydroxylation is 2. The quantitative estimate of drug-likeness (QED) is 0.761. The van der Waals surface area contributed by atoms with Gasteiger partial charge in [0.1, 0.15) is 5.75 Å². The molecule has 1 aromatic carbocycles. The zero-order chi connectivity index (χ0) is 12.0. The van der Waals surface area contributed by atoms with Crippen molar-refractivity contribution in [1.29, 1.82) is 0 Å². The minimum Gasteiger partial charge on any atom is -0.410 e. The molecular weight excluding hydrogens is 204 g/mol. The van der Waals surface area contributed by atoms with Crippen LogP contribution >= 0.6 is 0 Å². The maximum Gasteiger partial charge on any atom is 0.412 e. The fourth-order valence-corrected chi connectivity index (χ4v) is 1.34. The van der Waals surface area contributed by atoms with Gasteiger partial charge in [-0.15, -0.1) is 0 Å². The van der Waals surface area contributed by atoms with Gasteiger partial charge in [0.2, 0.25) is 0 Å². The average Bonchev–Trinajstić information content (AvgIpc) is 2.23. The third kappa shape index (κ3) is 3.90. The van der Waals surface area contributed by atoms with Crippen LogP contribution in [0, 0.1) is 13.8 Å². The summed E-state index contributed by atoms with van der Waals surface area (Å²) in [5.41, 5.74) is 2.12. The summed E-state index contributed by atoms with van der Waals surface area (Å²) >= 11 is 0. The number of carbonyl (C=O) groups excluding carboxylic acids is 1. The van der Waals surface area contributed by atoms with Crippen LogP contribution in [0.15, 0.2) is 18.2 Å². The molecule has 0 saturated heterocycles. The average molecular weight is 222 g/mol. The molecule has 16 heavy (non-hydrogen) atoms. The van der Waals surface area contributed by atoms with Crippen LogP contribution in [0.25, 0.3) is 0 Å². The highest BCUT2D eigenvalue weighted by Gasteiger charge is 2.05.